The summed E-state index contributed by atoms with van der Waals surface area (Å²) in [6.07, 6.45) is -21.3. The minimum atomic E-state index is -7.45. The van der Waals surface area contributed by atoms with E-state index in [4.69, 9.17) is 0 Å². The van der Waals surface area contributed by atoms with E-state index in [-0.39, 0.29) is 0 Å². The Morgan fingerprint density at radius 1 is 0.619 bits per heavy atom. The quantitative estimate of drug-likeness (QED) is 0.550. The predicted molar refractivity (Wildman–Crippen MR) is 34.9 cm³/mol. The van der Waals surface area contributed by atoms with Crippen LogP contribution >= 0.6 is 0 Å². The van der Waals surface area contributed by atoms with Crippen LogP contribution in [0.4, 0.5) is 57.1 Å². The monoisotopic (exact) mass is 349 g/mol. The van der Waals surface area contributed by atoms with Gasteiger partial charge < -0.3 is 0 Å². The zero-order chi connectivity index (χ0) is 17.7. The summed E-state index contributed by atoms with van der Waals surface area (Å²) < 4.78 is 155. The van der Waals surface area contributed by atoms with Crippen molar-refractivity contribution >= 4 is 5.91 Å². The maximum atomic E-state index is 12.5. The lowest BCUT2D eigenvalue weighted by molar-refractivity contribution is -0.381. The first kappa shape index (κ1) is 19.6. The van der Waals surface area contributed by atoms with Gasteiger partial charge in [-0.25, -0.2) is 0 Å². The summed E-state index contributed by atoms with van der Waals surface area (Å²) >= 11 is 0. The molecule has 0 aromatic heterocycles. The molecule has 0 fully saturated rings. The maximum absolute atomic E-state index is 12.5. The molecule has 0 saturated carbocycles. The molecule has 0 radical (unpaired) electrons. The summed E-state index contributed by atoms with van der Waals surface area (Å²) in [5, 5.41) is 0. The highest BCUT2D eigenvalue weighted by Crippen LogP contribution is 2.49. The minimum absolute atomic E-state index is 3.67. The fourth-order valence-corrected chi connectivity index (χ4v) is 0.827. The normalized spacial score (nSPS) is 15.1. The van der Waals surface area contributed by atoms with Crippen molar-refractivity contribution < 1.29 is 61.9 Å². The van der Waals surface area contributed by atoms with Gasteiger partial charge in [-0.2, -0.15) is 35.6 Å². The van der Waals surface area contributed by atoms with Crippen LogP contribution in [0.15, 0.2) is 0 Å². The molecule has 1 amide bonds. The Hall–Kier alpha value is -1.44. The van der Waals surface area contributed by atoms with Gasteiger partial charge in [-0.05, 0) is 0 Å². The molecule has 0 bridgehead atoms. The summed E-state index contributed by atoms with van der Waals surface area (Å²) in [4.78, 5) is 6.64. The van der Waals surface area contributed by atoms with Crippen molar-refractivity contribution in [2.45, 2.75) is 30.6 Å². The second-order valence-corrected chi connectivity index (χ2v) is 3.22. The van der Waals surface area contributed by atoms with Gasteiger partial charge in [0.2, 0.25) is 0 Å². The van der Waals surface area contributed by atoms with E-state index in [0.717, 1.165) is 0 Å². The van der Waals surface area contributed by atoms with Gasteiger partial charge in [-0.1, -0.05) is 0 Å². The fraction of sp³-hybridized carbons (Fsp3) is 0.833. The fourth-order valence-electron chi connectivity index (χ4n) is 0.827. The molecule has 15 heteroatoms. The molecular weight excluding hydrogens is 349 g/mol. The van der Waals surface area contributed by atoms with Gasteiger partial charge in [0.25, 0.3) is 0 Å². The largest absolute Gasteiger partial charge is 0.494 e. The first-order chi connectivity index (χ1) is 8.78. The van der Waals surface area contributed by atoms with Gasteiger partial charge in [0.15, 0.2) is 0 Å². The summed E-state index contributed by atoms with van der Waals surface area (Å²) in [6.45, 7) is 0. The molecule has 0 unspecified atom stereocenters. The number of carbonyl (C=O) groups excluding carboxylic acids is 1. The van der Waals surface area contributed by atoms with Crippen LogP contribution in [0.5, 0.6) is 0 Å². The summed E-state index contributed by atoms with van der Waals surface area (Å²) in [5.41, 5.74) is 0. The second-order valence-electron chi connectivity index (χ2n) is 3.22. The van der Waals surface area contributed by atoms with E-state index in [0.29, 0.717) is 0 Å². The maximum Gasteiger partial charge on any atom is 0.494 e. The van der Waals surface area contributed by atoms with Gasteiger partial charge in [-0.15, -0.1) is 26.3 Å². The van der Waals surface area contributed by atoms with Gasteiger partial charge in [0, 0.05) is 0 Å². The molecule has 0 atom stereocenters. The predicted octanol–water partition coefficient (Wildman–Crippen LogP) is 3.69. The molecule has 2 nitrogen and oxygen atoms in total. The molecule has 0 aliphatic carbocycles. The Kier molecular flexibility index (Phi) is 4.46. The second kappa shape index (κ2) is 4.79. The summed E-state index contributed by atoms with van der Waals surface area (Å²) in [5.74, 6) is -19.6. The molecule has 0 heterocycles. The summed E-state index contributed by atoms with van der Waals surface area (Å²) in [7, 11) is 0. The number of alkyl halides is 13. The van der Waals surface area contributed by atoms with Gasteiger partial charge in [0.05, 0.1) is 0 Å². The lowest BCUT2D eigenvalue weighted by Gasteiger charge is -2.33. The number of carbonyl (C=O) groups is 1. The summed E-state index contributed by atoms with van der Waals surface area (Å²) in [6, 6.07) is 0. The molecule has 21 heavy (non-hydrogen) atoms. The zero-order valence-corrected chi connectivity index (χ0v) is 8.77. The van der Waals surface area contributed by atoms with Crippen molar-refractivity contribution in [3.05, 3.63) is 0 Å². The van der Waals surface area contributed by atoms with Crippen molar-refractivity contribution in [2.75, 3.05) is 0 Å². The van der Waals surface area contributed by atoms with Crippen LogP contribution in [0, 0.1) is 0 Å². The van der Waals surface area contributed by atoms with E-state index < -0.39 is 41.4 Å². The Morgan fingerprint density at radius 2 is 0.905 bits per heavy atom. The highest BCUT2D eigenvalue weighted by molar-refractivity contribution is 5.85. The lowest BCUT2D eigenvalue weighted by atomic mass is 10.1. The number of nitrogens with zero attached hydrogens (tertiary/aromatic N) is 1. The molecule has 0 spiro atoms. The third kappa shape index (κ3) is 3.42. The van der Waals surface area contributed by atoms with Crippen molar-refractivity contribution in [1.29, 1.82) is 0 Å². The first-order valence-corrected chi connectivity index (χ1v) is 4.08. The molecule has 0 aliphatic heterocycles. The number of hydrogen-bond donors (Lipinski definition) is 0. The number of halogens is 13. The van der Waals surface area contributed by atoms with Crippen molar-refractivity contribution in [1.82, 2.24) is 4.90 Å². The minimum Gasteiger partial charge on any atom is -0.267 e. The van der Waals surface area contributed by atoms with Crippen molar-refractivity contribution in [3.8, 4) is 0 Å². The average molecular weight is 349 g/mol. The molecular formula is C6F13NO. The molecule has 0 N–H and O–H groups in total. The topological polar surface area (TPSA) is 20.3 Å². The van der Waals surface area contributed by atoms with Crippen LogP contribution in [-0.4, -0.2) is 41.4 Å². The highest BCUT2D eigenvalue weighted by Gasteiger charge is 2.79. The smallest absolute Gasteiger partial charge is 0.267 e. The third-order valence-corrected chi connectivity index (χ3v) is 1.73. The average Bonchev–Trinajstić information content (AvgIpc) is 2.10. The van der Waals surface area contributed by atoms with E-state index in [9.17, 15) is 61.9 Å². The number of amides is 1. The Balaban J connectivity index is 5.99. The van der Waals surface area contributed by atoms with Crippen LogP contribution < -0.4 is 0 Å². The van der Waals surface area contributed by atoms with E-state index in [1.807, 2.05) is 0 Å². The van der Waals surface area contributed by atoms with Crippen molar-refractivity contribution in [2.24, 2.45) is 0 Å². The number of rotatable bonds is 2. The Morgan fingerprint density at radius 3 is 1.10 bits per heavy atom. The molecule has 0 aromatic carbocycles. The highest BCUT2D eigenvalue weighted by atomic mass is 19.4. The lowest BCUT2D eigenvalue weighted by Crippen LogP contribution is -2.65. The SMILES string of the molecule is O=C(N(C(F)(F)F)C(F)(F)F)C(F)(F)C(F)(F)C(F)(F)F. The molecule has 126 valence electrons. The zero-order valence-electron chi connectivity index (χ0n) is 8.77. The molecule has 0 saturated heterocycles. The molecule has 0 rings (SSSR count). The van der Waals surface area contributed by atoms with Crippen molar-refractivity contribution in [3.63, 3.8) is 0 Å². The number of hydrogen-bond acceptors (Lipinski definition) is 1. The molecule has 0 aromatic rings. The Bertz CT molecular complexity index is 386. The van der Waals surface area contributed by atoms with E-state index >= 15 is 0 Å². The standard InChI is InChI=1S/C6F13NO/c7-2(8,3(9,10)4(11,12)13)1(21)20(5(14,15)16)6(17,18)19. The first-order valence-electron chi connectivity index (χ1n) is 4.08. The molecule has 0 aliphatic rings. The van der Waals surface area contributed by atoms with Crippen LogP contribution in [0.3, 0.4) is 0 Å². The van der Waals surface area contributed by atoms with Gasteiger partial charge >= 0.3 is 36.5 Å². The van der Waals surface area contributed by atoms with E-state index in [1.165, 1.54) is 0 Å². The van der Waals surface area contributed by atoms with Crippen LogP contribution in [-0.2, 0) is 4.79 Å². The van der Waals surface area contributed by atoms with Crippen LogP contribution in [0.2, 0.25) is 0 Å². The van der Waals surface area contributed by atoms with Crippen LogP contribution in [0.1, 0.15) is 0 Å². The van der Waals surface area contributed by atoms with Gasteiger partial charge in [0.1, 0.15) is 0 Å². The van der Waals surface area contributed by atoms with E-state index in [1.54, 1.807) is 0 Å². The van der Waals surface area contributed by atoms with Gasteiger partial charge in [-0.3, -0.25) is 4.79 Å². The van der Waals surface area contributed by atoms with Crippen LogP contribution in [0.25, 0.3) is 0 Å². The Labute approximate surface area is 105 Å². The van der Waals surface area contributed by atoms with E-state index in [2.05, 4.69) is 0 Å². The third-order valence-electron chi connectivity index (χ3n) is 1.73.